The minimum Gasteiger partial charge on any atom is -0.457 e. The Balaban J connectivity index is 0.000000271. The number of unbranched alkanes of at least 4 members (excludes halogenated alkanes) is 2. The van der Waals surface area contributed by atoms with Crippen LogP contribution in [0.3, 0.4) is 0 Å². The summed E-state index contributed by atoms with van der Waals surface area (Å²) >= 11 is 0. The number of likely N-dealkylation sites (N-methyl/N-ethyl adjacent to an activating group) is 2. The van der Waals surface area contributed by atoms with E-state index in [2.05, 4.69) is 19.9 Å². The van der Waals surface area contributed by atoms with Crippen molar-refractivity contribution in [3.63, 3.8) is 0 Å². The second-order valence-electron chi connectivity index (χ2n) is 37.1. The van der Waals surface area contributed by atoms with Gasteiger partial charge in [-0.15, -0.1) is 0 Å². The number of hydrogen-bond donors (Lipinski definition) is 2. The fourth-order valence-electron chi connectivity index (χ4n) is 19.9. The number of imidazole rings is 2. The van der Waals surface area contributed by atoms with Crippen molar-refractivity contribution in [2.45, 2.75) is 282 Å². The number of Topliss-reactive ketones (excluding diaryl/α,β-unsaturated/α-hetero) is 4. The van der Waals surface area contributed by atoms with Gasteiger partial charge in [-0.3, -0.25) is 42.9 Å². The number of nitrogens with zero attached hydrogens (tertiary/aromatic N) is 10. The standard InChI is InChI=1S/C50H69N5O12.C44H67N5O13S/c1-11-39-50(28-56)43(55(48(61)67-50)23-16-15-22-54-27-37(52-29-54)36-20-17-21-51-26-36)32(4)40(57)30(2)25-49(7,62-10)44(33(5)41(58)34(6)45(59)64-39)66-47-42(38(53(8)9)24-31(3)63-47)65-46(60)35-18-13-12-14-19-35;1-12-34-44(24-58-63(11,55)56)38(49(42(54)62-44)19-14-13-18-48-23-32(46-25-48)31-16-15-17-45-22-31)28(4)35(50)26(2)21-43(7,57-10)39(29(5)36(51)30(6)40(53)60-34)61-41-37(52)33(47(8)9)20-27(3)59-41/h12-14,17-21,26-27,29-34,38-39,42-44,47,56H,11,15-16,22-25,28H2,1-10H3;15-17,22-23,25-30,33-34,37-39,41,52H,12-14,18-21,24H2,1-11H3/t30-,31-,32+,33+,34-,38+,39-,42-,43-,44-,47?,49+,50-;26-,27-,28+,29+,30-,33+,34-,37-,38-,39-,41?,43+,44-/m11/s1. The fourth-order valence-corrected chi connectivity index (χ4v) is 20.3. The maximum absolute atomic E-state index is 15.0. The van der Waals surface area contributed by atoms with Crippen molar-refractivity contribution < 1.29 is 118 Å². The largest absolute Gasteiger partial charge is 0.457 e. The molecule has 36 heteroatoms. The van der Waals surface area contributed by atoms with Crippen LogP contribution in [0.15, 0.2) is 104 Å². The number of hydrogen-bond acceptors (Lipinski definition) is 31. The Morgan fingerprint density at radius 2 is 0.985 bits per heavy atom. The van der Waals surface area contributed by atoms with Crippen molar-refractivity contribution in [2.24, 2.45) is 47.3 Å². The highest BCUT2D eigenvalue weighted by Gasteiger charge is 2.66. The highest BCUT2D eigenvalue weighted by atomic mass is 32.2. The van der Waals surface area contributed by atoms with Crippen LogP contribution in [0.5, 0.6) is 0 Å². The molecule has 4 aromatic heterocycles. The molecule has 26 atom stereocenters. The van der Waals surface area contributed by atoms with Gasteiger partial charge in [0.05, 0.1) is 96.2 Å². The molecule has 35 nitrogen and oxygen atoms in total. The van der Waals surface area contributed by atoms with Gasteiger partial charge in [-0.25, -0.2) is 24.4 Å². The Kier molecular flexibility index (Phi) is 35.2. The number of aryl methyl sites for hydroxylation is 2. The van der Waals surface area contributed by atoms with Crippen LogP contribution in [0.1, 0.15) is 171 Å². The zero-order valence-corrected chi connectivity index (χ0v) is 79.8. The number of carbonyl (C=O) groups excluding carboxylic acids is 9. The van der Waals surface area contributed by atoms with E-state index in [4.69, 9.17) is 56.3 Å². The van der Waals surface area contributed by atoms with Crippen LogP contribution in [0.25, 0.3) is 22.5 Å². The summed E-state index contributed by atoms with van der Waals surface area (Å²) in [7, 11) is 6.17. The number of rotatable bonds is 28. The van der Waals surface area contributed by atoms with Crippen LogP contribution < -0.4 is 0 Å². The Morgan fingerprint density at radius 1 is 0.562 bits per heavy atom. The number of aromatic nitrogens is 6. The highest BCUT2D eigenvalue weighted by Crippen LogP contribution is 2.47. The number of aliphatic hydroxyl groups is 2. The van der Waals surface area contributed by atoms with E-state index in [-0.39, 0.29) is 74.6 Å². The molecular weight excluding hydrogens is 1700 g/mol. The molecule has 0 spiro atoms. The van der Waals surface area contributed by atoms with Crippen LogP contribution in [0.2, 0.25) is 0 Å². The molecule has 0 radical (unpaired) electrons. The summed E-state index contributed by atoms with van der Waals surface area (Å²) in [6, 6.07) is 13.2. The molecule has 2 amide bonds. The lowest BCUT2D eigenvalue weighted by atomic mass is 9.73. The molecule has 6 aliphatic heterocycles. The maximum atomic E-state index is 15.0. The summed E-state index contributed by atoms with van der Waals surface area (Å²) < 4.78 is 104. The summed E-state index contributed by atoms with van der Waals surface area (Å²) in [5.74, 6) is -12.6. The average Bonchev–Trinajstić information content (AvgIpc) is 1.59. The molecule has 6 fully saturated rings. The first-order chi connectivity index (χ1) is 61.5. The minimum atomic E-state index is -4.16. The van der Waals surface area contributed by atoms with Crippen molar-refractivity contribution in [2.75, 3.05) is 75.0 Å². The quantitative estimate of drug-likeness (QED) is 0.0155. The van der Waals surface area contributed by atoms with Gasteiger partial charge < -0.3 is 91.1 Å². The van der Waals surface area contributed by atoms with E-state index >= 15 is 0 Å². The highest BCUT2D eigenvalue weighted by molar-refractivity contribution is 7.86. The molecule has 1 aromatic carbocycles. The number of ether oxygens (including phenoxy) is 11. The number of amides is 2. The SMILES string of the molecule is CC[C@H]1OC(=O)[C@H](C)C(=O)[C@H](C)[C@@H](OC2O[C@H](C)C[C@H](N(C)C)[C@H]2O)[C@@](C)(OC)C[C@@H](C)C(=O)[C@H](C)[C@H]2N(CCCCn3cnc(-c4cccnc4)c3)C(=O)O[C@]12COS(C)(=O)=O.CC[C@H]1OC(=O)[C@H](C)C(=O)[C@H](C)[C@@H](OC2O[C@H](C)C[C@H](N(C)C)[C@H]2OC(=O)c2ccccc2)[C@@](C)(OC)C[C@@H](C)C(=O)[C@H](C)[C@H]2N(CCCCn3cnc(-c4cccnc4)c3)C(=O)O[C@]12CO. The fraction of sp³-hybridized carbons (Fsp3) is 0.670. The number of esters is 3. The lowest BCUT2D eigenvalue weighted by Gasteiger charge is -2.48. The van der Waals surface area contributed by atoms with E-state index in [1.807, 2.05) is 97.6 Å². The number of ketones is 4. The Bertz CT molecular complexity index is 4780. The van der Waals surface area contributed by atoms with Gasteiger partial charge in [-0.05, 0) is 170 Å². The van der Waals surface area contributed by atoms with Crippen LogP contribution in [0.4, 0.5) is 9.59 Å². The normalized spacial score (nSPS) is 34.1. The third kappa shape index (κ3) is 23.3. The first-order valence-electron chi connectivity index (χ1n) is 45.3. The summed E-state index contributed by atoms with van der Waals surface area (Å²) in [5.41, 5.74) is -2.99. The first kappa shape index (κ1) is 103. The molecular formula is C94H136N10O25S. The number of pyridine rings is 2. The molecule has 0 aliphatic carbocycles. The van der Waals surface area contributed by atoms with E-state index in [0.717, 1.165) is 28.8 Å². The van der Waals surface area contributed by atoms with E-state index in [1.165, 1.54) is 37.9 Å². The van der Waals surface area contributed by atoms with Gasteiger partial charge in [0.2, 0.25) is 0 Å². The average molecular weight is 1840 g/mol. The smallest absolute Gasteiger partial charge is 0.411 e. The number of benzene rings is 1. The van der Waals surface area contributed by atoms with Crippen LogP contribution >= 0.6 is 0 Å². The summed E-state index contributed by atoms with van der Waals surface area (Å²) in [4.78, 5) is 153. The molecule has 718 valence electrons. The van der Waals surface area contributed by atoms with E-state index < -0.39 is 196 Å². The van der Waals surface area contributed by atoms with Crippen LogP contribution in [-0.2, 0) is 108 Å². The van der Waals surface area contributed by atoms with Gasteiger partial charge in [-0.2, -0.15) is 8.42 Å². The number of fused-ring (bicyclic) bond motifs is 2. The Morgan fingerprint density at radius 3 is 1.41 bits per heavy atom. The van der Waals surface area contributed by atoms with Gasteiger partial charge in [0.15, 0.2) is 41.5 Å². The topological polar surface area (TPSA) is 413 Å². The summed E-state index contributed by atoms with van der Waals surface area (Å²) in [6.45, 7) is 23.3. The molecule has 130 heavy (non-hydrogen) atoms. The predicted octanol–water partition coefficient (Wildman–Crippen LogP) is 9.65. The zero-order valence-electron chi connectivity index (χ0n) is 79.0. The number of cyclic esters (lactones) is 2. The molecule has 5 aromatic rings. The van der Waals surface area contributed by atoms with Crippen molar-refractivity contribution >= 4 is 63.3 Å². The lowest BCUT2D eigenvalue weighted by molar-refractivity contribution is -0.295. The van der Waals surface area contributed by atoms with Gasteiger partial charge in [0, 0.05) is 130 Å². The molecule has 2 N–H and O–H groups in total. The Hall–Kier alpha value is -8.92. The van der Waals surface area contributed by atoms with Gasteiger partial charge in [-0.1, -0.05) is 73.6 Å². The van der Waals surface area contributed by atoms with Crippen molar-refractivity contribution in [1.82, 2.24) is 48.7 Å². The third-order valence-corrected chi connectivity index (χ3v) is 27.7. The van der Waals surface area contributed by atoms with Crippen LogP contribution in [0, 0.1) is 47.3 Å². The van der Waals surface area contributed by atoms with E-state index in [0.29, 0.717) is 57.2 Å². The molecule has 10 heterocycles. The molecule has 2 unspecified atom stereocenters. The van der Waals surface area contributed by atoms with E-state index in [9.17, 15) is 61.8 Å². The van der Waals surface area contributed by atoms with Crippen molar-refractivity contribution in [3.8, 4) is 22.5 Å². The number of aliphatic hydroxyl groups excluding tert-OH is 2. The van der Waals surface area contributed by atoms with E-state index in [1.54, 1.807) is 137 Å². The van der Waals surface area contributed by atoms with Gasteiger partial charge >= 0.3 is 30.1 Å². The number of methoxy groups -OCH3 is 2. The summed E-state index contributed by atoms with van der Waals surface area (Å²) in [6.07, 6.45) is 6.67. The molecule has 0 saturated carbocycles. The third-order valence-electron chi connectivity index (χ3n) is 27.2. The molecule has 0 bridgehead atoms. The van der Waals surface area contributed by atoms with Crippen molar-refractivity contribution in [1.29, 1.82) is 0 Å². The lowest BCUT2D eigenvalue weighted by Crippen LogP contribution is -2.62. The second-order valence-corrected chi connectivity index (χ2v) is 38.7. The predicted molar refractivity (Wildman–Crippen MR) is 475 cm³/mol. The summed E-state index contributed by atoms with van der Waals surface area (Å²) in [5, 5.41) is 22.8. The van der Waals surface area contributed by atoms with Gasteiger partial charge in [0.25, 0.3) is 10.1 Å². The molecule has 6 saturated heterocycles. The van der Waals surface area contributed by atoms with Crippen LogP contribution in [-0.4, -0.2) is 303 Å². The van der Waals surface area contributed by atoms with Gasteiger partial charge in [0.1, 0.15) is 48.3 Å². The molecule has 6 aliphatic rings. The minimum absolute atomic E-state index is 0.000766. The first-order valence-corrected chi connectivity index (χ1v) is 47.1. The molecule has 11 rings (SSSR count). The zero-order chi connectivity index (χ0) is 95.4. The Labute approximate surface area is 763 Å². The van der Waals surface area contributed by atoms with Crippen molar-refractivity contribution in [3.05, 3.63) is 110 Å². The number of carbonyl (C=O) groups is 9. The second kappa shape index (κ2) is 44.3. The maximum Gasteiger partial charge on any atom is 0.411 e. The monoisotopic (exact) mass is 1840 g/mol.